The first-order valence-electron chi connectivity index (χ1n) is 10.2. The summed E-state index contributed by atoms with van der Waals surface area (Å²) in [5, 5.41) is 3.34. The largest absolute Gasteiger partial charge is 0.495 e. The first-order chi connectivity index (χ1) is 15.1. The molecule has 0 bridgehead atoms. The van der Waals surface area contributed by atoms with Crippen molar-refractivity contribution in [1.82, 2.24) is 14.9 Å². The number of para-hydroxylation sites is 2. The Labute approximate surface area is 186 Å². The highest BCUT2D eigenvalue weighted by atomic mass is 35.5. The molecule has 2 aromatic carbocycles. The zero-order valence-electron chi connectivity index (χ0n) is 17.7. The zero-order valence-corrected chi connectivity index (χ0v) is 18.4. The predicted octanol–water partition coefficient (Wildman–Crippen LogP) is 3.38. The number of benzene rings is 2. The van der Waals surface area contributed by atoms with Crippen LogP contribution < -0.4 is 19.7 Å². The molecular formula is C22H26ClN5O3. The van der Waals surface area contributed by atoms with Crippen LogP contribution in [-0.2, 0) is 4.79 Å². The summed E-state index contributed by atoms with van der Waals surface area (Å²) in [6.45, 7) is 3.59. The van der Waals surface area contributed by atoms with E-state index in [-0.39, 0.29) is 5.91 Å². The molecule has 1 aliphatic rings. The third-order valence-electron chi connectivity index (χ3n) is 5.38. The second-order valence-electron chi connectivity index (χ2n) is 7.43. The van der Waals surface area contributed by atoms with E-state index in [2.05, 4.69) is 20.1 Å². The van der Waals surface area contributed by atoms with E-state index in [9.17, 15) is 4.79 Å². The monoisotopic (exact) mass is 443 g/mol. The molecule has 0 atom stereocenters. The van der Waals surface area contributed by atoms with Crippen LogP contribution in [0.4, 0.5) is 11.6 Å². The Morgan fingerprint density at radius 3 is 2.71 bits per heavy atom. The van der Waals surface area contributed by atoms with Crippen molar-refractivity contribution in [1.29, 1.82) is 0 Å². The summed E-state index contributed by atoms with van der Waals surface area (Å²) in [7, 11) is 3.07. The van der Waals surface area contributed by atoms with Crippen LogP contribution in [0.3, 0.4) is 0 Å². The molecule has 1 aromatic heterocycles. The van der Waals surface area contributed by atoms with E-state index in [1.165, 1.54) is 14.2 Å². The van der Waals surface area contributed by atoms with Gasteiger partial charge in [-0.1, -0.05) is 23.7 Å². The number of anilines is 2. The van der Waals surface area contributed by atoms with E-state index in [1.54, 1.807) is 12.1 Å². The molecule has 2 heterocycles. The number of imidazole rings is 1. The van der Waals surface area contributed by atoms with Crippen molar-refractivity contribution in [2.24, 2.45) is 0 Å². The highest BCUT2D eigenvalue weighted by Gasteiger charge is 2.20. The Balaban J connectivity index is 1.37. The molecular weight excluding hydrogens is 418 g/mol. The van der Waals surface area contributed by atoms with Crippen LogP contribution in [0.25, 0.3) is 11.0 Å². The summed E-state index contributed by atoms with van der Waals surface area (Å²) in [4.78, 5) is 25.2. The molecule has 1 fully saturated rings. The van der Waals surface area contributed by atoms with Gasteiger partial charge in [-0.25, -0.2) is 4.98 Å². The van der Waals surface area contributed by atoms with Gasteiger partial charge in [0.25, 0.3) is 0 Å². The number of fused-ring (bicyclic) bond motifs is 1. The summed E-state index contributed by atoms with van der Waals surface area (Å²) in [5.74, 6) is 1.74. The van der Waals surface area contributed by atoms with Gasteiger partial charge in [-0.05, 0) is 18.6 Å². The fraction of sp³-hybridized carbons (Fsp3) is 0.364. The van der Waals surface area contributed by atoms with Gasteiger partial charge in [-0.3, -0.25) is 9.69 Å². The molecule has 9 heteroatoms. The number of aromatic amines is 1. The maximum atomic E-state index is 12.7. The summed E-state index contributed by atoms with van der Waals surface area (Å²) < 4.78 is 10.6. The molecule has 4 rings (SSSR count). The van der Waals surface area contributed by atoms with E-state index < -0.39 is 0 Å². The third-order valence-corrected chi connectivity index (χ3v) is 5.68. The van der Waals surface area contributed by atoms with Gasteiger partial charge in [0, 0.05) is 38.3 Å². The molecule has 1 saturated heterocycles. The van der Waals surface area contributed by atoms with Crippen molar-refractivity contribution in [3.63, 3.8) is 0 Å². The summed E-state index contributed by atoms with van der Waals surface area (Å²) in [6.07, 6.45) is 0.947. The Hall–Kier alpha value is -2.97. The number of aromatic nitrogens is 2. The highest BCUT2D eigenvalue weighted by molar-refractivity contribution is 6.32. The standard InChI is InChI=1S/C22H26ClN5O3/c1-30-19-13-18(20(31-2)12-15(19)23)24-21(29)14-27-8-5-9-28(11-10-27)22-25-16-6-3-4-7-17(16)26-22/h3-4,6-7,12-13H,5,8-11,14H2,1-2H3,(H,24,29)(H,25,26). The molecule has 0 saturated carbocycles. The summed E-state index contributed by atoms with van der Waals surface area (Å²) >= 11 is 6.14. The number of amides is 1. The average Bonchev–Trinajstić information content (AvgIpc) is 3.07. The van der Waals surface area contributed by atoms with Gasteiger partial charge in [0.05, 0.1) is 42.5 Å². The fourth-order valence-electron chi connectivity index (χ4n) is 3.78. The second kappa shape index (κ2) is 9.45. The number of H-pyrrole nitrogens is 1. The van der Waals surface area contributed by atoms with Crippen LogP contribution in [-0.4, -0.2) is 67.7 Å². The molecule has 0 spiro atoms. The van der Waals surface area contributed by atoms with E-state index in [0.29, 0.717) is 28.8 Å². The lowest BCUT2D eigenvalue weighted by Crippen LogP contribution is -2.36. The quantitative estimate of drug-likeness (QED) is 0.607. The average molecular weight is 444 g/mol. The van der Waals surface area contributed by atoms with Gasteiger partial charge in [0.1, 0.15) is 11.5 Å². The topological polar surface area (TPSA) is 82.7 Å². The van der Waals surface area contributed by atoms with Crippen LogP contribution in [0.1, 0.15) is 6.42 Å². The van der Waals surface area contributed by atoms with Crippen molar-refractivity contribution in [3.05, 3.63) is 41.4 Å². The van der Waals surface area contributed by atoms with Gasteiger partial charge in [-0.15, -0.1) is 0 Å². The van der Waals surface area contributed by atoms with E-state index in [0.717, 1.165) is 49.6 Å². The molecule has 0 radical (unpaired) electrons. The third kappa shape index (κ3) is 4.86. The Morgan fingerprint density at radius 1 is 1.13 bits per heavy atom. The molecule has 3 aromatic rings. The minimum Gasteiger partial charge on any atom is -0.495 e. The Kier molecular flexibility index (Phi) is 6.48. The number of carbonyl (C=O) groups excluding carboxylic acids is 1. The normalized spacial score (nSPS) is 15.0. The molecule has 0 unspecified atom stereocenters. The molecule has 8 nitrogen and oxygen atoms in total. The molecule has 1 aliphatic heterocycles. The summed E-state index contributed by atoms with van der Waals surface area (Å²) in [6, 6.07) is 11.3. The van der Waals surface area contributed by atoms with Crippen LogP contribution in [0.15, 0.2) is 36.4 Å². The summed E-state index contributed by atoms with van der Waals surface area (Å²) in [5.41, 5.74) is 2.53. The van der Waals surface area contributed by atoms with Crippen LogP contribution in [0, 0.1) is 0 Å². The number of carbonyl (C=O) groups is 1. The van der Waals surface area contributed by atoms with Gasteiger partial charge in [0.2, 0.25) is 11.9 Å². The predicted molar refractivity (Wildman–Crippen MR) is 123 cm³/mol. The maximum Gasteiger partial charge on any atom is 0.238 e. The first-order valence-corrected chi connectivity index (χ1v) is 10.6. The lowest BCUT2D eigenvalue weighted by atomic mass is 10.2. The second-order valence-corrected chi connectivity index (χ2v) is 7.84. The maximum absolute atomic E-state index is 12.7. The number of nitrogens with one attached hydrogen (secondary N) is 2. The van der Waals surface area contributed by atoms with Gasteiger partial charge >= 0.3 is 0 Å². The van der Waals surface area contributed by atoms with Gasteiger partial charge < -0.3 is 24.7 Å². The van der Waals surface area contributed by atoms with Crippen molar-refractivity contribution >= 4 is 40.2 Å². The number of halogens is 1. The highest BCUT2D eigenvalue weighted by Crippen LogP contribution is 2.35. The number of rotatable bonds is 6. The van der Waals surface area contributed by atoms with Crippen molar-refractivity contribution < 1.29 is 14.3 Å². The number of hydrogen-bond acceptors (Lipinski definition) is 6. The molecule has 164 valence electrons. The Bertz CT molecular complexity index is 1040. The van der Waals surface area contributed by atoms with E-state index in [4.69, 9.17) is 26.1 Å². The number of hydrogen-bond donors (Lipinski definition) is 2. The van der Waals surface area contributed by atoms with Crippen LogP contribution in [0.5, 0.6) is 11.5 Å². The zero-order chi connectivity index (χ0) is 21.8. The number of nitrogens with zero attached hydrogens (tertiary/aromatic N) is 3. The molecule has 31 heavy (non-hydrogen) atoms. The lowest BCUT2D eigenvalue weighted by Gasteiger charge is -2.21. The van der Waals surface area contributed by atoms with Gasteiger partial charge in [-0.2, -0.15) is 0 Å². The smallest absolute Gasteiger partial charge is 0.238 e. The van der Waals surface area contributed by atoms with Crippen molar-refractivity contribution in [2.45, 2.75) is 6.42 Å². The first kappa shape index (κ1) is 21.3. The number of ether oxygens (including phenoxy) is 2. The lowest BCUT2D eigenvalue weighted by molar-refractivity contribution is -0.117. The minimum atomic E-state index is -0.111. The molecule has 1 amide bonds. The Morgan fingerprint density at radius 2 is 1.94 bits per heavy atom. The van der Waals surface area contributed by atoms with E-state index >= 15 is 0 Å². The molecule has 0 aliphatic carbocycles. The SMILES string of the molecule is COc1cc(NC(=O)CN2CCCN(c3nc4ccccc4[nH]3)CC2)c(OC)cc1Cl. The minimum absolute atomic E-state index is 0.111. The van der Waals surface area contributed by atoms with Crippen LogP contribution >= 0.6 is 11.6 Å². The molecule has 2 N–H and O–H groups in total. The van der Waals surface area contributed by atoms with Crippen molar-refractivity contribution in [3.8, 4) is 11.5 Å². The van der Waals surface area contributed by atoms with Crippen LogP contribution in [0.2, 0.25) is 5.02 Å². The van der Waals surface area contributed by atoms with Crippen molar-refractivity contribution in [2.75, 3.05) is 57.2 Å². The fourth-order valence-corrected chi connectivity index (χ4v) is 4.01. The van der Waals surface area contributed by atoms with E-state index in [1.807, 2.05) is 24.3 Å². The number of methoxy groups -OCH3 is 2. The van der Waals surface area contributed by atoms with Gasteiger partial charge in [0.15, 0.2) is 0 Å².